The molecule has 0 aliphatic rings. The molecule has 0 amide bonds. The minimum absolute atomic E-state index is 0.484. The predicted molar refractivity (Wildman–Crippen MR) is 44.0 cm³/mol. The molecule has 0 rings (SSSR count). The van der Waals surface area contributed by atoms with E-state index in [0.717, 1.165) is 0 Å². The molecule has 0 aromatic rings. The van der Waals surface area contributed by atoms with E-state index in [-0.39, 0.29) is 0 Å². The van der Waals surface area contributed by atoms with E-state index in [9.17, 15) is 4.39 Å². The molecule has 3 heteroatoms. The SMILES string of the molecule is C[B]NC(C)(C)C(C)(C)F. The molecule has 1 radical (unpaired) electrons. The minimum Gasteiger partial charge on any atom is -0.353 e. The van der Waals surface area contributed by atoms with Gasteiger partial charge in [-0.1, -0.05) is 6.82 Å². The lowest BCUT2D eigenvalue weighted by Crippen LogP contribution is -2.54. The Labute approximate surface area is 63.7 Å². The number of hydrogen-bond acceptors (Lipinski definition) is 1. The fraction of sp³-hybridized carbons (Fsp3) is 1.00. The van der Waals surface area contributed by atoms with Gasteiger partial charge in [0.05, 0.1) is 0 Å². The van der Waals surface area contributed by atoms with Gasteiger partial charge in [0.25, 0.3) is 0 Å². The second kappa shape index (κ2) is 2.91. The summed E-state index contributed by atoms with van der Waals surface area (Å²) in [7, 11) is 1.77. The zero-order chi connectivity index (χ0) is 8.41. The van der Waals surface area contributed by atoms with Gasteiger partial charge in [-0.25, -0.2) is 4.39 Å². The lowest BCUT2D eigenvalue weighted by atomic mass is 9.82. The molecule has 1 nitrogen and oxygen atoms in total. The smallest absolute Gasteiger partial charge is 0.202 e. The lowest BCUT2D eigenvalue weighted by molar-refractivity contribution is 0.106. The highest BCUT2D eigenvalue weighted by molar-refractivity contribution is 6.30. The van der Waals surface area contributed by atoms with Crippen molar-refractivity contribution in [3.63, 3.8) is 0 Å². The van der Waals surface area contributed by atoms with Crippen LogP contribution in [0.2, 0.25) is 6.82 Å². The normalized spacial score (nSPS) is 13.4. The first kappa shape index (κ1) is 9.95. The summed E-state index contributed by atoms with van der Waals surface area (Å²) in [4.78, 5) is 0. The van der Waals surface area contributed by atoms with Gasteiger partial charge in [0.2, 0.25) is 7.41 Å². The van der Waals surface area contributed by atoms with Gasteiger partial charge < -0.3 is 5.23 Å². The van der Waals surface area contributed by atoms with Gasteiger partial charge in [0.15, 0.2) is 0 Å². The number of halogens is 1. The first-order valence-corrected chi connectivity index (χ1v) is 3.56. The Morgan fingerprint density at radius 1 is 1.20 bits per heavy atom. The fourth-order valence-corrected chi connectivity index (χ4v) is 0.532. The van der Waals surface area contributed by atoms with Gasteiger partial charge in [-0.3, -0.25) is 0 Å². The van der Waals surface area contributed by atoms with E-state index in [0.29, 0.717) is 0 Å². The van der Waals surface area contributed by atoms with Crippen LogP contribution in [0.4, 0.5) is 4.39 Å². The van der Waals surface area contributed by atoms with Crippen molar-refractivity contribution < 1.29 is 4.39 Å². The maximum atomic E-state index is 13.3. The molecule has 0 aromatic heterocycles. The number of alkyl halides is 1. The van der Waals surface area contributed by atoms with Crippen molar-refractivity contribution >= 4 is 7.41 Å². The van der Waals surface area contributed by atoms with E-state index >= 15 is 0 Å². The van der Waals surface area contributed by atoms with Crippen LogP contribution in [0.1, 0.15) is 27.7 Å². The zero-order valence-electron chi connectivity index (χ0n) is 7.46. The second-order valence-electron chi connectivity index (χ2n) is 3.53. The summed E-state index contributed by atoms with van der Waals surface area (Å²) in [5.74, 6) is 0. The molecule has 10 heavy (non-hydrogen) atoms. The third kappa shape index (κ3) is 2.29. The van der Waals surface area contributed by atoms with Gasteiger partial charge in [0, 0.05) is 5.54 Å². The van der Waals surface area contributed by atoms with Gasteiger partial charge >= 0.3 is 0 Å². The predicted octanol–water partition coefficient (Wildman–Crippen LogP) is 1.77. The van der Waals surface area contributed by atoms with Crippen LogP contribution >= 0.6 is 0 Å². The molecule has 0 saturated heterocycles. The molecule has 0 saturated carbocycles. The molecule has 0 spiro atoms. The summed E-state index contributed by atoms with van der Waals surface area (Å²) >= 11 is 0. The van der Waals surface area contributed by atoms with Crippen LogP contribution in [-0.2, 0) is 0 Å². The van der Waals surface area contributed by atoms with Crippen LogP contribution in [0.3, 0.4) is 0 Å². The summed E-state index contributed by atoms with van der Waals surface area (Å²) in [5.41, 5.74) is -1.68. The van der Waals surface area contributed by atoms with E-state index in [4.69, 9.17) is 0 Å². The number of rotatable bonds is 3. The van der Waals surface area contributed by atoms with Crippen LogP contribution in [-0.4, -0.2) is 18.6 Å². The first-order chi connectivity index (χ1) is 4.31. The van der Waals surface area contributed by atoms with Crippen molar-refractivity contribution in [3.05, 3.63) is 0 Å². The van der Waals surface area contributed by atoms with Crippen LogP contribution in [0.25, 0.3) is 0 Å². The number of hydrogen-bond donors (Lipinski definition) is 1. The Hall–Kier alpha value is -0.0451. The van der Waals surface area contributed by atoms with E-state index < -0.39 is 11.2 Å². The molecule has 0 unspecified atom stereocenters. The van der Waals surface area contributed by atoms with Crippen molar-refractivity contribution in [1.82, 2.24) is 5.23 Å². The Kier molecular flexibility index (Phi) is 2.90. The molecule has 0 aliphatic carbocycles. The van der Waals surface area contributed by atoms with Crippen molar-refractivity contribution in [2.24, 2.45) is 0 Å². The average molecular weight is 144 g/mol. The third-order valence-corrected chi connectivity index (χ3v) is 1.99. The van der Waals surface area contributed by atoms with E-state index in [1.165, 1.54) is 0 Å². The summed E-state index contributed by atoms with van der Waals surface area (Å²) in [6.45, 7) is 8.68. The molecule has 0 fully saturated rings. The minimum atomic E-state index is -1.19. The maximum absolute atomic E-state index is 13.3. The molecular formula is C7H16BFN. The highest BCUT2D eigenvalue weighted by Crippen LogP contribution is 2.24. The molecule has 0 atom stereocenters. The second-order valence-corrected chi connectivity index (χ2v) is 3.53. The number of nitrogens with one attached hydrogen (secondary N) is 1. The summed E-state index contributed by atoms with van der Waals surface area (Å²) in [5, 5.41) is 2.96. The van der Waals surface area contributed by atoms with Crippen molar-refractivity contribution in [3.8, 4) is 0 Å². The molecule has 0 heterocycles. The van der Waals surface area contributed by atoms with Gasteiger partial charge in [-0.2, -0.15) is 0 Å². The Bertz CT molecular complexity index is 107. The first-order valence-electron chi connectivity index (χ1n) is 3.56. The van der Waals surface area contributed by atoms with E-state index in [2.05, 4.69) is 5.23 Å². The van der Waals surface area contributed by atoms with Gasteiger partial charge in [-0.05, 0) is 27.7 Å². The summed E-state index contributed by atoms with van der Waals surface area (Å²) < 4.78 is 13.3. The average Bonchev–Trinajstić information content (AvgIpc) is 1.61. The van der Waals surface area contributed by atoms with Crippen LogP contribution in [0.5, 0.6) is 0 Å². The van der Waals surface area contributed by atoms with Crippen molar-refractivity contribution in [1.29, 1.82) is 0 Å². The van der Waals surface area contributed by atoms with Crippen LogP contribution in [0, 0.1) is 0 Å². The molecule has 0 bridgehead atoms. The Balaban J connectivity index is 4.10. The quantitative estimate of drug-likeness (QED) is 0.595. The largest absolute Gasteiger partial charge is 0.353 e. The zero-order valence-corrected chi connectivity index (χ0v) is 7.46. The molecule has 0 aliphatic heterocycles. The van der Waals surface area contributed by atoms with Crippen molar-refractivity contribution in [2.45, 2.75) is 45.7 Å². The fourth-order valence-electron chi connectivity index (χ4n) is 0.532. The van der Waals surface area contributed by atoms with Crippen LogP contribution in [0.15, 0.2) is 0 Å². The van der Waals surface area contributed by atoms with E-state index in [1.807, 2.05) is 20.7 Å². The topological polar surface area (TPSA) is 12.0 Å². The van der Waals surface area contributed by atoms with Crippen molar-refractivity contribution in [2.75, 3.05) is 0 Å². The molecular weight excluding hydrogens is 128 g/mol. The van der Waals surface area contributed by atoms with Crippen LogP contribution < -0.4 is 5.23 Å². The highest BCUT2D eigenvalue weighted by atomic mass is 19.1. The Morgan fingerprint density at radius 3 is 1.70 bits per heavy atom. The summed E-state index contributed by atoms with van der Waals surface area (Å²) in [6, 6.07) is 0. The van der Waals surface area contributed by atoms with Gasteiger partial charge in [0.1, 0.15) is 5.67 Å². The third-order valence-electron chi connectivity index (χ3n) is 1.99. The standard InChI is InChI=1S/C7H16BFN/c1-6(2,9)7(3,4)10-8-5/h10H,1-5H3. The Morgan fingerprint density at radius 2 is 1.60 bits per heavy atom. The van der Waals surface area contributed by atoms with Gasteiger partial charge in [-0.15, -0.1) is 0 Å². The molecule has 59 valence electrons. The monoisotopic (exact) mass is 144 g/mol. The highest BCUT2D eigenvalue weighted by Gasteiger charge is 2.35. The van der Waals surface area contributed by atoms with E-state index in [1.54, 1.807) is 21.3 Å². The maximum Gasteiger partial charge on any atom is 0.202 e. The molecule has 0 aromatic carbocycles. The lowest BCUT2D eigenvalue weighted by Gasteiger charge is -2.35. The molecule has 1 N–H and O–H groups in total. The summed E-state index contributed by atoms with van der Waals surface area (Å²) in [6.07, 6.45) is 0.